The molecule has 20 heavy (non-hydrogen) atoms. The van der Waals surface area contributed by atoms with Gasteiger partial charge in [0.25, 0.3) is 5.91 Å². The van der Waals surface area contributed by atoms with E-state index in [0.717, 1.165) is 17.5 Å². The van der Waals surface area contributed by atoms with Crippen LogP contribution in [0.3, 0.4) is 0 Å². The Hall–Kier alpha value is -1.80. The summed E-state index contributed by atoms with van der Waals surface area (Å²) in [6.45, 7) is 1.98. The lowest BCUT2D eigenvalue weighted by atomic mass is 10.1. The van der Waals surface area contributed by atoms with E-state index in [-0.39, 0.29) is 17.3 Å². The molecule has 102 valence electrons. The molecule has 1 aliphatic carbocycles. The van der Waals surface area contributed by atoms with E-state index < -0.39 is 0 Å². The SMILES string of the molecule is Cc1cccc(C(=O)NC2c3ccccc3CC2Cl)c1. The molecule has 1 amide bonds. The van der Waals surface area contributed by atoms with E-state index in [1.54, 1.807) is 0 Å². The normalized spacial score (nSPS) is 20.5. The molecule has 2 aromatic carbocycles. The van der Waals surface area contributed by atoms with E-state index in [1.807, 2.05) is 49.4 Å². The van der Waals surface area contributed by atoms with Crippen molar-refractivity contribution >= 4 is 17.5 Å². The molecule has 1 N–H and O–H groups in total. The van der Waals surface area contributed by atoms with Crippen molar-refractivity contribution < 1.29 is 4.79 Å². The second-order valence-corrected chi connectivity index (χ2v) is 5.80. The third-order valence-electron chi connectivity index (χ3n) is 3.73. The molecule has 3 rings (SSSR count). The summed E-state index contributed by atoms with van der Waals surface area (Å²) >= 11 is 6.39. The summed E-state index contributed by atoms with van der Waals surface area (Å²) in [4.78, 5) is 12.3. The number of hydrogen-bond donors (Lipinski definition) is 1. The van der Waals surface area contributed by atoms with E-state index in [4.69, 9.17) is 11.6 Å². The standard InChI is InChI=1S/C17H16ClNO/c1-11-5-4-7-13(9-11)17(20)19-16-14-8-3-2-6-12(14)10-15(16)18/h2-9,15-16H,10H2,1H3,(H,19,20). The van der Waals surface area contributed by atoms with Crippen molar-refractivity contribution in [1.82, 2.24) is 5.32 Å². The van der Waals surface area contributed by atoms with Crippen LogP contribution < -0.4 is 5.32 Å². The fourth-order valence-corrected chi connectivity index (χ4v) is 3.09. The van der Waals surface area contributed by atoms with Crippen LogP contribution in [0.25, 0.3) is 0 Å². The van der Waals surface area contributed by atoms with Crippen molar-refractivity contribution in [2.24, 2.45) is 0 Å². The Bertz CT molecular complexity index is 653. The van der Waals surface area contributed by atoms with Gasteiger partial charge >= 0.3 is 0 Å². The van der Waals surface area contributed by atoms with Crippen molar-refractivity contribution in [2.45, 2.75) is 24.8 Å². The predicted octanol–water partition coefficient (Wildman–Crippen LogP) is 3.63. The van der Waals surface area contributed by atoms with Crippen LogP contribution in [0.2, 0.25) is 0 Å². The number of aryl methyl sites for hydroxylation is 1. The number of rotatable bonds is 2. The lowest BCUT2D eigenvalue weighted by Crippen LogP contribution is -2.31. The molecule has 0 spiro atoms. The second kappa shape index (κ2) is 5.29. The number of amides is 1. The summed E-state index contributed by atoms with van der Waals surface area (Å²) in [5.74, 6) is -0.0685. The van der Waals surface area contributed by atoms with Gasteiger partial charge in [-0.25, -0.2) is 0 Å². The number of nitrogens with one attached hydrogen (secondary N) is 1. The van der Waals surface area contributed by atoms with Gasteiger partial charge < -0.3 is 5.32 Å². The first-order valence-electron chi connectivity index (χ1n) is 6.74. The molecule has 0 radical (unpaired) electrons. The highest BCUT2D eigenvalue weighted by atomic mass is 35.5. The molecule has 2 aromatic rings. The first kappa shape index (κ1) is 13.2. The highest BCUT2D eigenvalue weighted by Gasteiger charge is 2.31. The largest absolute Gasteiger partial charge is 0.344 e. The van der Waals surface area contributed by atoms with Crippen molar-refractivity contribution in [3.05, 3.63) is 70.8 Å². The summed E-state index contributed by atoms with van der Waals surface area (Å²) in [6, 6.07) is 15.6. The molecule has 2 unspecified atom stereocenters. The van der Waals surface area contributed by atoms with E-state index >= 15 is 0 Å². The van der Waals surface area contributed by atoms with Crippen LogP contribution in [0.5, 0.6) is 0 Å². The maximum absolute atomic E-state index is 12.3. The van der Waals surface area contributed by atoms with Crippen LogP contribution in [-0.4, -0.2) is 11.3 Å². The predicted molar refractivity (Wildman–Crippen MR) is 81.2 cm³/mol. The molecule has 2 nitrogen and oxygen atoms in total. The third kappa shape index (κ3) is 2.44. The molecule has 0 bridgehead atoms. The summed E-state index contributed by atoms with van der Waals surface area (Å²) in [6.07, 6.45) is 0.802. The first-order chi connectivity index (χ1) is 9.65. The van der Waals surface area contributed by atoms with Crippen LogP contribution in [-0.2, 0) is 6.42 Å². The van der Waals surface area contributed by atoms with E-state index in [1.165, 1.54) is 5.56 Å². The van der Waals surface area contributed by atoms with Gasteiger partial charge in [-0.2, -0.15) is 0 Å². The third-order valence-corrected chi connectivity index (χ3v) is 4.14. The number of halogens is 1. The van der Waals surface area contributed by atoms with E-state index in [2.05, 4.69) is 11.4 Å². The average molecular weight is 286 g/mol. The van der Waals surface area contributed by atoms with Crippen LogP contribution >= 0.6 is 11.6 Å². The molecule has 0 saturated carbocycles. The summed E-state index contributed by atoms with van der Waals surface area (Å²) in [5, 5.41) is 2.98. The molecule has 1 aliphatic rings. The monoisotopic (exact) mass is 285 g/mol. The summed E-state index contributed by atoms with van der Waals surface area (Å²) < 4.78 is 0. The van der Waals surface area contributed by atoms with Gasteiger partial charge in [0.2, 0.25) is 0 Å². The topological polar surface area (TPSA) is 29.1 Å². The maximum Gasteiger partial charge on any atom is 0.251 e. The number of carbonyl (C=O) groups excluding carboxylic acids is 1. The van der Waals surface area contributed by atoms with Crippen LogP contribution in [0, 0.1) is 6.92 Å². The Morgan fingerprint density at radius 2 is 2.00 bits per heavy atom. The maximum atomic E-state index is 12.3. The van der Waals surface area contributed by atoms with E-state index in [0.29, 0.717) is 5.56 Å². The smallest absolute Gasteiger partial charge is 0.251 e. The van der Waals surface area contributed by atoms with Crippen molar-refractivity contribution in [3.8, 4) is 0 Å². The fraction of sp³-hybridized carbons (Fsp3) is 0.235. The minimum absolute atomic E-state index is 0.0685. The van der Waals surface area contributed by atoms with Crippen molar-refractivity contribution in [3.63, 3.8) is 0 Å². The Labute approximate surface area is 123 Å². The minimum atomic E-state index is -0.110. The lowest BCUT2D eigenvalue weighted by molar-refractivity contribution is 0.0937. The number of alkyl halides is 1. The lowest BCUT2D eigenvalue weighted by Gasteiger charge is -2.17. The van der Waals surface area contributed by atoms with Gasteiger partial charge in [0.15, 0.2) is 0 Å². The molecule has 0 aliphatic heterocycles. The molecule has 0 aromatic heterocycles. The van der Waals surface area contributed by atoms with Gasteiger partial charge in [-0.05, 0) is 36.6 Å². The number of benzene rings is 2. The number of carbonyl (C=O) groups is 1. The molecule has 2 atom stereocenters. The fourth-order valence-electron chi connectivity index (χ4n) is 2.73. The summed E-state index contributed by atoms with van der Waals surface area (Å²) in [5.41, 5.74) is 4.11. The van der Waals surface area contributed by atoms with Crippen molar-refractivity contribution in [2.75, 3.05) is 0 Å². The van der Waals surface area contributed by atoms with Crippen molar-refractivity contribution in [1.29, 1.82) is 0 Å². The molecule has 0 saturated heterocycles. The highest BCUT2D eigenvalue weighted by Crippen LogP contribution is 2.34. The Morgan fingerprint density at radius 1 is 1.20 bits per heavy atom. The van der Waals surface area contributed by atoms with Gasteiger partial charge in [-0.3, -0.25) is 4.79 Å². The van der Waals surface area contributed by atoms with Crippen LogP contribution in [0.15, 0.2) is 48.5 Å². The molecule has 3 heteroatoms. The van der Waals surface area contributed by atoms with Crippen LogP contribution in [0.4, 0.5) is 0 Å². The van der Waals surface area contributed by atoms with Gasteiger partial charge in [0.05, 0.1) is 11.4 Å². The van der Waals surface area contributed by atoms with Gasteiger partial charge in [0, 0.05) is 5.56 Å². The second-order valence-electron chi connectivity index (χ2n) is 5.24. The molecule has 0 heterocycles. The summed E-state index contributed by atoms with van der Waals surface area (Å²) in [7, 11) is 0. The van der Waals surface area contributed by atoms with Gasteiger partial charge in [-0.1, -0.05) is 42.0 Å². The Morgan fingerprint density at radius 3 is 2.80 bits per heavy atom. The first-order valence-corrected chi connectivity index (χ1v) is 7.18. The molecular weight excluding hydrogens is 270 g/mol. The zero-order valence-corrected chi connectivity index (χ0v) is 12.0. The van der Waals surface area contributed by atoms with Gasteiger partial charge in [0.1, 0.15) is 0 Å². The molecular formula is C17H16ClNO. The Kier molecular flexibility index (Phi) is 3.49. The highest BCUT2D eigenvalue weighted by molar-refractivity contribution is 6.21. The average Bonchev–Trinajstić information content (AvgIpc) is 2.75. The zero-order chi connectivity index (χ0) is 14.1. The van der Waals surface area contributed by atoms with Gasteiger partial charge in [-0.15, -0.1) is 11.6 Å². The molecule has 0 fully saturated rings. The number of hydrogen-bond acceptors (Lipinski definition) is 1. The quantitative estimate of drug-likeness (QED) is 0.839. The zero-order valence-electron chi connectivity index (χ0n) is 11.3. The Balaban J connectivity index is 1.83. The minimum Gasteiger partial charge on any atom is -0.344 e. The van der Waals surface area contributed by atoms with E-state index in [9.17, 15) is 4.79 Å². The number of fused-ring (bicyclic) bond motifs is 1. The van der Waals surface area contributed by atoms with Crippen LogP contribution in [0.1, 0.15) is 33.1 Å².